The van der Waals surface area contributed by atoms with Crippen LogP contribution in [0.2, 0.25) is 0 Å². The number of benzene rings is 3. The first kappa shape index (κ1) is 21.3. The van der Waals surface area contributed by atoms with Crippen LogP contribution in [0.3, 0.4) is 0 Å². The number of anilines is 1. The number of carbonyl (C=O) groups excluding carboxylic acids is 1. The zero-order valence-electron chi connectivity index (χ0n) is 18.4. The summed E-state index contributed by atoms with van der Waals surface area (Å²) in [6, 6.07) is 20.0. The van der Waals surface area contributed by atoms with Gasteiger partial charge in [-0.05, 0) is 73.4 Å². The van der Waals surface area contributed by atoms with Crippen LogP contribution >= 0.6 is 0 Å². The molecular weight excluding hydrogens is 402 g/mol. The molecule has 0 spiro atoms. The quantitative estimate of drug-likeness (QED) is 0.524. The molecular formula is C26H25N3O3. The van der Waals surface area contributed by atoms with Crippen LogP contribution in [-0.4, -0.2) is 15.0 Å². The Labute approximate surface area is 185 Å². The van der Waals surface area contributed by atoms with E-state index in [0.717, 1.165) is 27.7 Å². The van der Waals surface area contributed by atoms with E-state index in [4.69, 9.17) is 0 Å². The summed E-state index contributed by atoms with van der Waals surface area (Å²) in [5.41, 5.74) is 3.65. The molecule has 0 aliphatic rings. The lowest BCUT2D eigenvalue weighted by atomic mass is 10.1. The maximum atomic E-state index is 13.5. The zero-order chi connectivity index (χ0) is 22.8. The molecule has 162 valence electrons. The molecule has 1 aromatic heterocycles. The first-order chi connectivity index (χ1) is 15.4. The molecule has 4 rings (SSSR count). The molecule has 0 atom stereocenters. The highest BCUT2D eigenvalue weighted by molar-refractivity contribution is 5.91. The summed E-state index contributed by atoms with van der Waals surface area (Å²) in [7, 11) is 0. The molecule has 0 radical (unpaired) electrons. The third kappa shape index (κ3) is 4.12. The largest absolute Gasteiger partial charge is 0.336 e. The fourth-order valence-electron chi connectivity index (χ4n) is 3.99. The van der Waals surface area contributed by atoms with Crippen molar-refractivity contribution in [1.82, 2.24) is 9.13 Å². The Kier molecular flexibility index (Phi) is 5.77. The van der Waals surface area contributed by atoms with Gasteiger partial charge in [-0.2, -0.15) is 0 Å². The second-order valence-corrected chi connectivity index (χ2v) is 7.97. The van der Waals surface area contributed by atoms with Gasteiger partial charge in [0.1, 0.15) is 6.54 Å². The minimum Gasteiger partial charge on any atom is -0.325 e. The number of nitrogens with zero attached hydrogens (tertiary/aromatic N) is 2. The predicted octanol–water partition coefficient (Wildman–Crippen LogP) is 3.97. The van der Waals surface area contributed by atoms with Crippen LogP contribution in [0.15, 0.2) is 76.3 Å². The fourth-order valence-corrected chi connectivity index (χ4v) is 3.99. The third-order valence-electron chi connectivity index (χ3n) is 5.44. The van der Waals surface area contributed by atoms with Crippen molar-refractivity contribution in [2.24, 2.45) is 0 Å². The normalized spacial score (nSPS) is 11.0. The Morgan fingerprint density at radius 2 is 1.62 bits per heavy atom. The first-order valence-electron chi connectivity index (χ1n) is 10.6. The Morgan fingerprint density at radius 3 is 2.34 bits per heavy atom. The molecule has 0 aliphatic carbocycles. The van der Waals surface area contributed by atoms with Crippen LogP contribution in [0.5, 0.6) is 0 Å². The van der Waals surface area contributed by atoms with Crippen LogP contribution in [0.1, 0.15) is 23.6 Å². The van der Waals surface area contributed by atoms with E-state index in [0.29, 0.717) is 22.3 Å². The topological polar surface area (TPSA) is 73.1 Å². The molecule has 3 aromatic carbocycles. The molecule has 0 fully saturated rings. The van der Waals surface area contributed by atoms with E-state index in [1.54, 1.807) is 36.4 Å². The van der Waals surface area contributed by atoms with E-state index >= 15 is 0 Å². The highest BCUT2D eigenvalue weighted by Crippen LogP contribution is 2.15. The van der Waals surface area contributed by atoms with Gasteiger partial charge in [0.05, 0.1) is 16.6 Å². The number of hydrogen-bond acceptors (Lipinski definition) is 3. The van der Waals surface area contributed by atoms with Gasteiger partial charge in [0.2, 0.25) is 5.91 Å². The third-order valence-corrected chi connectivity index (χ3v) is 5.44. The van der Waals surface area contributed by atoms with Gasteiger partial charge in [-0.1, -0.05) is 37.3 Å². The number of amides is 1. The van der Waals surface area contributed by atoms with Crippen molar-refractivity contribution in [2.45, 2.75) is 33.7 Å². The molecule has 0 saturated carbocycles. The van der Waals surface area contributed by atoms with Crippen molar-refractivity contribution < 1.29 is 4.79 Å². The van der Waals surface area contributed by atoms with Gasteiger partial charge < -0.3 is 5.32 Å². The van der Waals surface area contributed by atoms with Crippen molar-refractivity contribution in [3.05, 3.63) is 104 Å². The summed E-state index contributed by atoms with van der Waals surface area (Å²) in [4.78, 5) is 39.5. The standard InChI is InChI=1S/C26H25N3O3/c1-4-19-8-7-9-20(15-19)27-24(30)16-28-23-11-6-5-10-22(23)25(31)29(26(28)32)21-13-17(2)12-18(3)14-21/h5-15H,4,16H2,1-3H3,(H,27,30). The maximum Gasteiger partial charge on any atom is 0.336 e. The second kappa shape index (κ2) is 8.67. The summed E-state index contributed by atoms with van der Waals surface area (Å²) in [5, 5.41) is 3.24. The molecule has 1 N–H and O–H groups in total. The van der Waals surface area contributed by atoms with Gasteiger partial charge >= 0.3 is 5.69 Å². The summed E-state index contributed by atoms with van der Waals surface area (Å²) in [5.74, 6) is -0.337. The van der Waals surface area contributed by atoms with Crippen molar-refractivity contribution in [3.63, 3.8) is 0 Å². The van der Waals surface area contributed by atoms with Crippen LogP contribution < -0.4 is 16.6 Å². The Bertz CT molecular complexity index is 1430. The molecule has 0 aliphatic heterocycles. The molecule has 4 aromatic rings. The fraction of sp³-hybridized carbons (Fsp3) is 0.192. The highest BCUT2D eigenvalue weighted by Gasteiger charge is 2.17. The minimum atomic E-state index is -0.545. The molecule has 32 heavy (non-hydrogen) atoms. The highest BCUT2D eigenvalue weighted by atomic mass is 16.2. The van der Waals surface area contributed by atoms with Crippen LogP contribution in [0.4, 0.5) is 5.69 Å². The Balaban J connectivity index is 1.83. The molecule has 0 unspecified atom stereocenters. The minimum absolute atomic E-state index is 0.208. The molecule has 0 bridgehead atoms. The number of fused-ring (bicyclic) bond motifs is 1. The average molecular weight is 428 g/mol. The van der Waals surface area contributed by atoms with Gasteiger partial charge in [0, 0.05) is 5.69 Å². The maximum absolute atomic E-state index is 13.5. The summed E-state index contributed by atoms with van der Waals surface area (Å²) >= 11 is 0. The lowest BCUT2D eigenvalue weighted by Crippen LogP contribution is -2.40. The van der Waals surface area contributed by atoms with E-state index in [1.165, 1.54) is 4.57 Å². The Hall–Kier alpha value is -3.93. The van der Waals surface area contributed by atoms with Crippen LogP contribution in [-0.2, 0) is 17.8 Å². The van der Waals surface area contributed by atoms with Gasteiger partial charge in [-0.15, -0.1) is 0 Å². The van der Waals surface area contributed by atoms with Crippen molar-refractivity contribution >= 4 is 22.5 Å². The number of nitrogens with one attached hydrogen (secondary N) is 1. The zero-order valence-corrected chi connectivity index (χ0v) is 18.4. The first-order valence-corrected chi connectivity index (χ1v) is 10.6. The average Bonchev–Trinajstić information content (AvgIpc) is 2.76. The molecule has 6 heteroatoms. The lowest BCUT2D eigenvalue weighted by molar-refractivity contribution is -0.116. The van der Waals surface area contributed by atoms with Crippen molar-refractivity contribution in [3.8, 4) is 5.69 Å². The van der Waals surface area contributed by atoms with Gasteiger partial charge in [0.15, 0.2) is 0 Å². The Morgan fingerprint density at radius 1 is 0.906 bits per heavy atom. The van der Waals surface area contributed by atoms with Crippen LogP contribution in [0.25, 0.3) is 16.6 Å². The molecule has 0 saturated heterocycles. The van der Waals surface area contributed by atoms with E-state index in [2.05, 4.69) is 5.32 Å². The van der Waals surface area contributed by atoms with E-state index < -0.39 is 11.2 Å². The van der Waals surface area contributed by atoms with E-state index in [-0.39, 0.29) is 12.5 Å². The number of hydrogen-bond donors (Lipinski definition) is 1. The number of aromatic nitrogens is 2. The van der Waals surface area contributed by atoms with E-state index in [9.17, 15) is 14.4 Å². The summed E-state index contributed by atoms with van der Waals surface area (Å²) in [6.45, 7) is 5.67. The predicted molar refractivity (Wildman–Crippen MR) is 128 cm³/mol. The van der Waals surface area contributed by atoms with Crippen molar-refractivity contribution in [2.75, 3.05) is 5.32 Å². The lowest BCUT2D eigenvalue weighted by Gasteiger charge is -2.15. The van der Waals surface area contributed by atoms with Gasteiger partial charge in [-0.25, -0.2) is 9.36 Å². The molecule has 1 amide bonds. The van der Waals surface area contributed by atoms with Gasteiger partial charge in [0.25, 0.3) is 5.56 Å². The molecule has 6 nitrogen and oxygen atoms in total. The van der Waals surface area contributed by atoms with E-state index in [1.807, 2.05) is 51.1 Å². The number of aryl methyl sites for hydroxylation is 3. The number of para-hydroxylation sites is 1. The monoisotopic (exact) mass is 427 g/mol. The second-order valence-electron chi connectivity index (χ2n) is 7.97. The smallest absolute Gasteiger partial charge is 0.325 e. The van der Waals surface area contributed by atoms with Gasteiger partial charge in [-0.3, -0.25) is 14.2 Å². The number of rotatable bonds is 5. The van der Waals surface area contributed by atoms with Crippen molar-refractivity contribution in [1.29, 1.82) is 0 Å². The SMILES string of the molecule is CCc1cccc(NC(=O)Cn2c(=O)n(-c3cc(C)cc(C)c3)c(=O)c3ccccc32)c1. The number of carbonyl (C=O) groups is 1. The summed E-state index contributed by atoms with van der Waals surface area (Å²) < 4.78 is 2.50. The molecule has 1 heterocycles. The summed E-state index contributed by atoms with van der Waals surface area (Å²) in [6.07, 6.45) is 0.856. The van der Waals surface area contributed by atoms with Crippen LogP contribution in [0, 0.1) is 13.8 Å².